The van der Waals surface area contributed by atoms with Crippen LogP contribution >= 0.6 is 11.3 Å². The van der Waals surface area contributed by atoms with Crippen molar-refractivity contribution in [2.75, 3.05) is 6.54 Å². The van der Waals surface area contributed by atoms with Gasteiger partial charge in [0, 0.05) is 10.9 Å². The van der Waals surface area contributed by atoms with Gasteiger partial charge in [0.2, 0.25) is 0 Å². The fourth-order valence-corrected chi connectivity index (χ4v) is 2.95. The van der Waals surface area contributed by atoms with Gasteiger partial charge in [0.25, 0.3) is 5.91 Å². The summed E-state index contributed by atoms with van der Waals surface area (Å²) in [5.74, 6) is -0.0681. The molecule has 1 aromatic heterocycles. The highest BCUT2D eigenvalue weighted by molar-refractivity contribution is 7.12. The van der Waals surface area contributed by atoms with Crippen LogP contribution in [0.5, 0.6) is 0 Å². The summed E-state index contributed by atoms with van der Waals surface area (Å²) in [5, 5.41) is 9.42. The summed E-state index contributed by atoms with van der Waals surface area (Å²) in [6.07, 6.45) is 6.24. The zero-order chi connectivity index (χ0) is 13.5. The first-order valence-corrected chi connectivity index (χ1v) is 7.74. The van der Waals surface area contributed by atoms with E-state index in [0.717, 1.165) is 10.6 Å². The molecule has 0 spiro atoms. The van der Waals surface area contributed by atoms with Gasteiger partial charge in [-0.05, 0) is 31.2 Å². The lowest BCUT2D eigenvalue weighted by atomic mass is 9.95. The second kappa shape index (κ2) is 7.40. The minimum Gasteiger partial charge on any atom is -0.306 e. The number of carbonyl (C=O) groups excluding carboxylic acids is 1. The van der Waals surface area contributed by atoms with E-state index in [4.69, 9.17) is 0 Å². The molecule has 0 aromatic carbocycles. The Labute approximate surface area is 118 Å². The lowest BCUT2D eigenvalue weighted by Crippen LogP contribution is -2.38. The van der Waals surface area contributed by atoms with E-state index in [1.165, 1.54) is 32.1 Å². The average molecular weight is 279 g/mol. The van der Waals surface area contributed by atoms with Gasteiger partial charge in [-0.15, -0.1) is 11.3 Å². The third-order valence-corrected chi connectivity index (χ3v) is 4.36. The molecule has 0 aliphatic heterocycles. The van der Waals surface area contributed by atoms with Crippen molar-refractivity contribution in [3.8, 4) is 0 Å². The predicted octanol–water partition coefficient (Wildman–Crippen LogP) is 2.51. The van der Waals surface area contributed by atoms with Crippen molar-refractivity contribution in [1.29, 1.82) is 0 Å². The molecular formula is C14H21N3OS. The van der Waals surface area contributed by atoms with Crippen molar-refractivity contribution >= 4 is 23.0 Å². The lowest BCUT2D eigenvalue weighted by molar-refractivity contribution is -0.120. The van der Waals surface area contributed by atoms with Crippen LogP contribution in [0.2, 0.25) is 0 Å². The number of carbonyl (C=O) groups is 1. The number of hydrazone groups is 1. The van der Waals surface area contributed by atoms with Gasteiger partial charge in [-0.2, -0.15) is 5.10 Å². The van der Waals surface area contributed by atoms with Crippen LogP contribution < -0.4 is 10.7 Å². The van der Waals surface area contributed by atoms with Gasteiger partial charge in [-0.1, -0.05) is 25.3 Å². The minimum absolute atomic E-state index is 0.0681. The van der Waals surface area contributed by atoms with Crippen molar-refractivity contribution in [3.63, 3.8) is 0 Å². The molecule has 1 aromatic rings. The number of thiophene rings is 1. The molecule has 19 heavy (non-hydrogen) atoms. The van der Waals surface area contributed by atoms with Gasteiger partial charge in [-0.25, -0.2) is 5.43 Å². The zero-order valence-electron chi connectivity index (χ0n) is 11.3. The monoisotopic (exact) mass is 279 g/mol. The van der Waals surface area contributed by atoms with E-state index in [2.05, 4.69) is 15.8 Å². The Hall–Kier alpha value is -1.20. The third-order valence-electron chi connectivity index (χ3n) is 3.38. The smallest absolute Gasteiger partial charge is 0.254 e. The molecule has 1 heterocycles. The molecule has 1 aliphatic rings. The maximum atomic E-state index is 11.7. The SMILES string of the molecule is C/C(=N/NC(=O)CNC1CCCCC1)c1cccs1. The molecular weight excluding hydrogens is 258 g/mol. The summed E-state index contributed by atoms with van der Waals surface area (Å²) in [6.45, 7) is 2.26. The molecule has 2 N–H and O–H groups in total. The number of nitrogens with one attached hydrogen (secondary N) is 2. The Kier molecular flexibility index (Phi) is 5.54. The summed E-state index contributed by atoms with van der Waals surface area (Å²) < 4.78 is 0. The normalized spacial score (nSPS) is 17.4. The number of nitrogens with zero attached hydrogens (tertiary/aromatic N) is 1. The summed E-state index contributed by atoms with van der Waals surface area (Å²) in [6, 6.07) is 4.48. The fraction of sp³-hybridized carbons (Fsp3) is 0.571. The Morgan fingerprint density at radius 2 is 2.21 bits per heavy atom. The van der Waals surface area contributed by atoms with E-state index in [1.807, 2.05) is 24.4 Å². The predicted molar refractivity (Wildman–Crippen MR) is 79.5 cm³/mol. The molecule has 104 valence electrons. The van der Waals surface area contributed by atoms with Crippen molar-refractivity contribution in [1.82, 2.24) is 10.7 Å². The molecule has 0 bridgehead atoms. The second-order valence-electron chi connectivity index (χ2n) is 4.93. The Morgan fingerprint density at radius 3 is 2.89 bits per heavy atom. The summed E-state index contributed by atoms with van der Waals surface area (Å²) in [4.78, 5) is 12.8. The van der Waals surface area contributed by atoms with Gasteiger partial charge >= 0.3 is 0 Å². The molecule has 2 rings (SSSR count). The van der Waals surface area contributed by atoms with E-state index in [0.29, 0.717) is 12.6 Å². The van der Waals surface area contributed by atoms with E-state index >= 15 is 0 Å². The molecule has 0 unspecified atom stereocenters. The van der Waals surface area contributed by atoms with Crippen LogP contribution in [0.3, 0.4) is 0 Å². The summed E-state index contributed by atoms with van der Waals surface area (Å²) in [5.41, 5.74) is 3.45. The van der Waals surface area contributed by atoms with E-state index in [-0.39, 0.29) is 5.91 Å². The van der Waals surface area contributed by atoms with Crippen LogP contribution in [0.25, 0.3) is 0 Å². The van der Waals surface area contributed by atoms with Crippen LogP contribution in [0.15, 0.2) is 22.6 Å². The van der Waals surface area contributed by atoms with Crippen LogP contribution in [0, 0.1) is 0 Å². The standard InChI is InChI=1S/C14H21N3OS/c1-11(13-8-5-9-19-13)16-17-14(18)10-15-12-6-3-2-4-7-12/h5,8-9,12,15H,2-4,6-7,10H2,1H3,(H,17,18)/b16-11-. The molecule has 5 heteroatoms. The van der Waals surface area contributed by atoms with Crippen LogP contribution in [-0.4, -0.2) is 24.2 Å². The molecule has 1 aliphatic carbocycles. The van der Waals surface area contributed by atoms with Crippen molar-refractivity contribution in [2.24, 2.45) is 5.10 Å². The van der Waals surface area contributed by atoms with Gasteiger partial charge in [-0.3, -0.25) is 4.79 Å². The fourth-order valence-electron chi connectivity index (χ4n) is 2.27. The zero-order valence-corrected chi connectivity index (χ0v) is 12.1. The number of rotatable bonds is 5. The number of hydrogen-bond acceptors (Lipinski definition) is 4. The molecule has 4 nitrogen and oxygen atoms in total. The van der Waals surface area contributed by atoms with Crippen LogP contribution in [0.4, 0.5) is 0 Å². The second-order valence-corrected chi connectivity index (χ2v) is 5.87. The first-order valence-electron chi connectivity index (χ1n) is 6.86. The lowest BCUT2D eigenvalue weighted by Gasteiger charge is -2.22. The molecule has 1 saturated carbocycles. The molecule has 1 amide bonds. The van der Waals surface area contributed by atoms with Crippen molar-refractivity contribution in [2.45, 2.75) is 45.1 Å². The quantitative estimate of drug-likeness (QED) is 0.643. The number of hydrogen-bond donors (Lipinski definition) is 2. The molecule has 1 fully saturated rings. The van der Waals surface area contributed by atoms with Crippen LogP contribution in [-0.2, 0) is 4.79 Å². The molecule has 0 radical (unpaired) electrons. The van der Waals surface area contributed by atoms with Gasteiger partial charge in [0.05, 0.1) is 12.3 Å². The number of amides is 1. The highest BCUT2D eigenvalue weighted by atomic mass is 32.1. The summed E-state index contributed by atoms with van der Waals surface area (Å²) in [7, 11) is 0. The molecule has 0 saturated heterocycles. The average Bonchev–Trinajstić information content (AvgIpc) is 2.98. The highest BCUT2D eigenvalue weighted by Gasteiger charge is 2.13. The first-order chi connectivity index (χ1) is 9.25. The third kappa shape index (κ3) is 4.76. The topological polar surface area (TPSA) is 53.5 Å². The van der Waals surface area contributed by atoms with Gasteiger partial charge in [0.15, 0.2) is 0 Å². The van der Waals surface area contributed by atoms with Crippen molar-refractivity contribution in [3.05, 3.63) is 22.4 Å². The van der Waals surface area contributed by atoms with Crippen molar-refractivity contribution < 1.29 is 4.79 Å². The van der Waals surface area contributed by atoms with Gasteiger partial charge in [0.1, 0.15) is 0 Å². The summed E-state index contributed by atoms with van der Waals surface area (Å²) >= 11 is 1.62. The van der Waals surface area contributed by atoms with E-state index < -0.39 is 0 Å². The van der Waals surface area contributed by atoms with E-state index in [9.17, 15) is 4.79 Å². The first kappa shape index (κ1) is 14.2. The Morgan fingerprint density at radius 1 is 1.42 bits per heavy atom. The van der Waals surface area contributed by atoms with Gasteiger partial charge < -0.3 is 5.32 Å². The van der Waals surface area contributed by atoms with Crippen LogP contribution in [0.1, 0.15) is 43.9 Å². The Balaban J connectivity index is 1.70. The minimum atomic E-state index is -0.0681. The van der Waals surface area contributed by atoms with E-state index in [1.54, 1.807) is 11.3 Å². The highest BCUT2D eigenvalue weighted by Crippen LogP contribution is 2.16. The largest absolute Gasteiger partial charge is 0.306 e. The maximum absolute atomic E-state index is 11.7. The molecule has 0 atom stereocenters. The Bertz CT molecular complexity index is 422. The maximum Gasteiger partial charge on any atom is 0.254 e.